The smallest absolute Gasteiger partial charge is 0.283 e. The molecule has 1 rings (SSSR count). The molecule has 1 unspecified atom stereocenters. The molecular formula is C11H17ClN2OS. The van der Waals surface area contributed by atoms with E-state index in [0.717, 1.165) is 0 Å². The van der Waals surface area contributed by atoms with Crippen LogP contribution in [-0.2, 0) is 5.54 Å². The molecule has 1 aromatic rings. The lowest BCUT2D eigenvalue weighted by Gasteiger charge is -2.22. The maximum atomic E-state index is 12.1. The van der Waals surface area contributed by atoms with Gasteiger partial charge in [0, 0.05) is 29.1 Å². The molecule has 0 spiro atoms. The molecule has 5 heteroatoms. The Morgan fingerprint density at radius 1 is 1.56 bits per heavy atom. The number of halogens is 1. The molecule has 0 aliphatic rings. The van der Waals surface area contributed by atoms with Crippen LogP contribution in [0.2, 0.25) is 0 Å². The van der Waals surface area contributed by atoms with Crippen molar-refractivity contribution < 1.29 is 0 Å². The van der Waals surface area contributed by atoms with Crippen molar-refractivity contribution in [2.75, 3.05) is 5.88 Å². The quantitative estimate of drug-likeness (QED) is 0.619. The van der Waals surface area contributed by atoms with E-state index in [0.29, 0.717) is 10.9 Å². The number of rotatable bonds is 3. The van der Waals surface area contributed by atoms with Crippen LogP contribution in [-0.4, -0.2) is 20.7 Å². The highest BCUT2D eigenvalue weighted by atomic mass is 35.5. The molecule has 1 atom stereocenters. The standard InChI is InChI=1S/C11H17ClN2OS/c1-8(7-12)16-9-10(15)14(6-5-13-9)11(2,3)4/h5-6,8H,7H2,1-4H3. The van der Waals surface area contributed by atoms with Crippen molar-refractivity contribution in [1.82, 2.24) is 9.55 Å². The van der Waals surface area contributed by atoms with Crippen LogP contribution in [0.15, 0.2) is 22.2 Å². The minimum absolute atomic E-state index is 0.0445. The zero-order valence-corrected chi connectivity index (χ0v) is 11.6. The summed E-state index contributed by atoms with van der Waals surface area (Å²) in [5, 5.41) is 0.711. The predicted octanol–water partition coefficient (Wildman–Crippen LogP) is 2.72. The fourth-order valence-corrected chi connectivity index (χ4v) is 2.18. The molecule has 0 fully saturated rings. The third kappa shape index (κ3) is 3.25. The number of hydrogen-bond acceptors (Lipinski definition) is 3. The first kappa shape index (κ1) is 13.6. The summed E-state index contributed by atoms with van der Waals surface area (Å²) in [7, 11) is 0. The van der Waals surface area contributed by atoms with Crippen molar-refractivity contribution in [2.24, 2.45) is 0 Å². The summed E-state index contributed by atoms with van der Waals surface area (Å²) in [6.07, 6.45) is 3.38. The molecule has 3 nitrogen and oxygen atoms in total. The van der Waals surface area contributed by atoms with Gasteiger partial charge in [-0.15, -0.1) is 11.6 Å². The van der Waals surface area contributed by atoms with Crippen LogP contribution in [0.1, 0.15) is 27.7 Å². The van der Waals surface area contributed by atoms with Gasteiger partial charge in [0.25, 0.3) is 5.56 Å². The Morgan fingerprint density at radius 2 is 2.19 bits per heavy atom. The van der Waals surface area contributed by atoms with E-state index in [-0.39, 0.29) is 16.3 Å². The summed E-state index contributed by atoms with van der Waals surface area (Å²) in [5.74, 6) is 0.510. The minimum Gasteiger partial charge on any atom is -0.306 e. The van der Waals surface area contributed by atoms with Gasteiger partial charge in [-0.3, -0.25) is 4.79 Å². The van der Waals surface area contributed by atoms with Crippen molar-refractivity contribution in [2.45, 2.75) is 43.5 Å². The molecule has 1 aromatic heterocycles. The molecule has 0 N–H and O–H groups in total. The topological polar surface area (TPSA) is 34.9 Å². The highest BCUT2D eigenvalue weighted by Crippen LogP contribution is 2.19. The van der Waals surface area contributed by atoms with E-state index in [1.807, 2.05) is 27.7 Å². The number of alkyl halides is 1. The Balaban J connectivity index is 3.10. The molecule has 0 bridgehead atoms. The highest BCUT2D eigenvalue weighted by molar-refractivity contribution is 7.99. The van der Waals surface area contributed by atoms with Gasteiger partial charge in [-0.05, 0) is 20.8 Å². The Labute approximate surface area is 105 Å². The predicted molar refractivity (Wildman–Crippen MR) is 69.5 cm³/mol. The van der Waals surface area contributed by atoms with Crippen LogP contribution in [0.4, 0.5) is 0 Å². The number of nitrogens with zero attached hydrogens (tertiary/aromatic N) is 2. The molecule has 0 saturated heterocycles. The lowest BCUT2D eigenvalue weighted by Crippen LogP contribution is -2.34. The molecule has 90 valence electrons. The Hall–Kier alpha value is -0.480. The lowest BCUT2D eigenvalue weighted by atomic mass is 10.1. The van der Waals surface area contributed by atoms with E-state index in [1.54, 1.807) is 17.0 Å². The zero-order valence-electron chi connectivity index (χ0n) is 10.0. The summed E-state index contributed by atoms with van der Waals surface area (Å²) < 4.78 is 1.70. The van der Waals surface area contributed by atoms with E-state index in [9.17, 15) is 4.79 Å². The average Bonchev–Trinajstić information content (AvgIpc) is 2.19. The maximum Gasteiger partial charge on any atom is 0.283 e. The van der Waals surface area contributed by atoms with Gasteiger partial charge in [0.15, 0.2) is 5.03 Å². The normalized spacial score (nSPS) is 13.8. The number of aromatic nitrogens is 2. The highest BCUT2D eigenvalue weighted by Gasteiger charge is 2.17. The second-order valence-electron chi connectivity index (χ2n) is 4.66. The van der Waals surface area contributed by atoms with Crippen molar-refractivity contribution >= 4 is 23.4 Å². The number of thioether (sulfide) groups is 1. The fourth-order valence-electron chi connectivity index (χ4n) is 1.22. The Kier molecular flexibility index (Phi) is 4.44. The van der Waals surface area contributed by atoms with E-state index in [1.165, 1.54) is 11.8 Å². The van der Waals surface area contributed by atoms with Crippen LogP contribution >= 0.6 is 23.4 Å². The van der Waals surface area contributed by atoms with Crippen molar-refractivity contribution in [3.05, 3.63) is 22.7 Å². The third-order valence-corrected chi connectivity index (χ3v) is 3.78. The average molecular weight is 261 g/mol. The first-order chi connectivity index (χ1) is 7.36. The van der Waals surface area contributed by atoms with E-state index in [2.05, 4.69) is 4.98 Å². The Morgan fingerprint density at radius 3 is 2.69 bits per heavy atom. The van der Waals surface area contributed by atoms with Gasteiger partial charge in [-0.2, -0.15) is 0 Å². The van der Waals surface area contributed by atoms with Gasteiger partial charge in [-0.25, -0.2) is 4.98 Å². The van der Waals surface area contributed by atoms with E-state index >= 15 is 0 Å². The van der Waals surface area contributed by atoms with Crippen molar-refractivity contribution in [1.29, 1.82) is 0 Å². The lowest BCUT2D eigenvalue weighted by molar-refractivity contribution is 0.377. The van der Waals surface area contributed by atoms with Gasteiger partial charge < -0.3 is 4.57 Å². The molecule has 0 saturated carbocycles. The largest absolute Gasteiger partial charge is 0.306 e. The third-order valence-electron chi connectivity index (χ3n) is 2.06. The first-order valence-electron chi connectivity index (χ1n) is 5.17. The summed E-state index contributed by atoms with van der Waals surface area (Å²) in [5.41, 5.74) is -0.267. The van der Waals surface area contributed by atoms with Crippen LogP contribution in [0.25, 0.3) is 0 Å². The molecule has 0 amide bonds. The van der Waals surface area contributed by atoms with Crippen LogP contribution in [0, 0.1) is 0 Å². The molecule has 0 radical (unpaired) electrons. The molecule has 16 heavy (non-hydrogen) atoms. The van der Waals surface area contributed by atoms with E-state index in [4.69, 9.17) is 11.6 Å². The monoisotopic (exact) mass is 260 g/mol. The van der Waals surface area contributed by atoms with Gasteiger partial charge in [-0.1, -0.05) is 18.7 Å². The molecule has 0 aromatic carbocycles. The fraction of sp³-hybridized carbons (Fsp3) is 0.636. The van der Waals surface area contributed by atoms with Crippen LogP contribution in [0.3, 0.4) is 0 Å². The second kappa shape index (κ2) is 5.23. The molecule has 1 heterocycles. The first-order valence-corrected chi connectivity index (χ1v) is 6.58. The van der Waals surface area contributed by atoms with Crippen LogP contribution in [0.5, 0.6) is 0 Å². The summed E-state index contributed by atoms with van der Waals surface area (Å²) in [6.45, 7) is 7.96. The summed E-state index contributed by atoms with van der Waals surface area (Å²) in [6, 6.07) is 0. The zero-order chi connectivity index (χ0) is 12.3. The minimum atomic E-state index is -0.223. The van der Waals surface area contributed by atoms with E-state index < -0.39 is 0 Å². The van der Waals surface area contributed by atoms with Gasteiger partial charge in [0.05, 0.1) is 0 Å². The maximum absolute atomic E-state index is 12.1. The molecule has 0 aliphatic heterocycles. The van der Waals surface area contributed by atoms with Crippen LogP contribution < -0.4 is 5.56 Å². The molecule has 0 aliphatic carbocycles. The van der Waals surface area contributed by atoms with Gasteiger partial charge in [0.2, 0.25) is 0 Å². The Bertz CT molecular complexity index is 411. The molecular weight excluding hydrogens is 244 g/mol. The van der Waals surface area contributed by atoms with Crippen molar-refractivity contribution in [3.8, 4) is 0 Å². The number of hydrogen-bond donors (Lipinski definition) is 0. The van der Waals surface area contributed by atoms with Gasteiger partial charge >= 0.3 is 0 Å². The SMILES string of the molecule is CC(CCl)Sc1nccn(C(C)(C)C)c1=O. The second-order valence-corrected chi connectivity index (χ2v) is 6.40. The van der Waals surface area contributed by atoms with Crippen molar-refractivity contribution in [3.63, 3.8) is 0 Å². The van der Waals surface area contributed by atoms with Gasteiger partial charge in [0.1, 0.15) is 0 Å². The summed E-state index contributed by atoms with van der Waals surface area (Å²) >= 11 is 7.15. The summed E-state index contributed by atoms with van der Waals surface area (Å²) in [4.78, 5) is 16.2.